The number of hydrogen-bond donors (Lipinski definition) is 0. The summed E-state index contributed by atoms with van der Waals surface area (Å²) in [6.07, 6.45) is 3.42. The maximum absolute atomic E-state index is 11.3. The van der Waals surface area contributed by atoms with E-state index in [0.717, 1.165) is 4.90 Å². The number of allylic oxidation sites excluding steroid dienone is 1. The van der Waals surface area contributed by atoms with Gasteiger partial charge in [0.05, 0.1) is 0 Å². The van der Waals surface area contributed by atoms with Crippen molar-refractivity contribution in [2.24, 2.45) is 0 Å². The first-order chi connectivity index (χ1) is 5.59. The second-order valence-electron chi connectivity index (χ2n) is 2.71. The first kappa shape index (κ1) is 8.71. The minimum Gasteiger partial charge on any atom is -0.278 e. The van der Waals surface area contributed by atoms with E-state index in [2.05, 4.69) is 0 Å². The van der Waals surface area contributed by atoms with Crippen molar-refractivity contribution in [3.63, 3.8) is 0 Å². The van der Waals surface area contributed by atoms with Crippen LogP contribution in [0.1, 0.15) is 13.8 Å². The van der Waals surface area contributed by atoms with Gasteiger partial charge in [-0.1, -0.05) is 12.2 Å². The minimum absolute atomic E-state index is 0.201. The van der Waals surface area contributed by atoms with Crippen molar-refractivity contribution in [1.82, 2.24) is 4.90 Å². The molecule has 0 spiro atoms. The first-order valence-corrected chi connectivity index (χ1v) is 3.75. The second kappa shape index (κ2) is 2.93. The predicted octanol–water partition coefficient (Wildman–Crippen LogP) is 0.878. The minimum atomic E-state index is -0.212. The summed E-state index contributed by atoms with van der Waals surface area (Å²) in [6.45, 7) is 3.48. The number of likely N-dealkylation sites (N-methyl/N-ethyl adjacent to an activating group) is 1. The third-order valence-electron chi connectivity index (χ3n) is 1.90. The first-order valence-electron chi connectivity index (χ1n) is 3.75. The van der Waals surface area contributed by atoms with Crippen molar-refractivity contribution >= 4 is 11.8 Å². The highest BCUT2D eigenvalue weighted by atomic mass is 16.2. The summed E-state index contributed by atoms with van der Waals surface area (Å²) < 4.78 is 0. The molecule has 0 unspecified atom stereocenters. The van der Waals surface area contributed by atoms with Gasteiger partial charge in [0.2, 0.25) is 0 Å². The van der Waals surface area contributed by atoms with E-state index in [4.69, 9.17) is 0 Å². The van der Waals surface area contributed by atoms with Crippen molar-refractivity contribution in [2.45, 2.75) is 13.8 Å². The molecule has 3 heteroatoms. The van der Waals surface area contributed by atoms with Crippen LogP contribution in [0.2, 0.25) is 0 Å². The lowest BCUT2D eigenvalue weighted by atomic mass is 10.1. The van der Waals surface area contributed by atoms with Crippen molar-refractivity contribution in [3.8, 4) is 0 Å². The Morgan fingerprint density at radius 1 is 1.25 bits per heavy atom. The van der Waals surface area contributed by atoms with E-state index in [1.807, 2.05) is 6.92 Å². The monoisotopic (exact) mass is 165 g/mol. The average Bonchev–Trinajstić information content (AvgIpc) is 2.23. The number of carbonyl (C=O) groups excluding carboxylic acids is 2. The molecule has 0 aromatic carbocycles. The van der Waals surface area contributed by atoms with Gasteiger partial charge in [-0.15, -0.1) is 0 Å². The molecule has 0 saturated carbocycles. The van der Waals surface area contributed by atoms with Crippen LogP contribution in [0.25, 0.3) is 0 Å². The van der Waals surface area contributed by atoms with Gasteiger partial charge in [0.25, 0.3) is 11.8 Å². The quantitative estimate of drug-likeness (QED) is 0.541. The van der Waals surface area contributed by atoms with Gasteiger partial charge in [-0.2, -0.15) is 0 Å². The number of imide groups is 1. The smallest absolute Gasteiger partial charge is 0.260 e. The molecule has 0 radical (unpaired) electrons. The van der Waals surface area contributed by atoms with E-state index in [-0.39, 0.29) is 11.8 Å². The molecular formula is C9H11NO2. The zero-order valence-corrected chi connectivity index (χ0v) is 7.42. The zero-order chi connectivity index (χ0) is 9.30. The topological polar surface area (TPSA) is 37.4 Å². The normalized spacial score (nSPS) is 18.8. The van der Waals surface area contributed by atoms with Gasteiger partial charge in [-0.25, -0.2) is 0 Å². The van der Waals surface area contributed by atoms with Gasteiger partial charge in [-0.3, -0.25) is 14.5 Å². The molecule has 12 heavy (non-hydrogen) atoms. The van der Waals surface area contributed by atoms with Crippen LogP contribution in [-0.4, -0.2) is 23.8 Å². The van der Waals surface area contributed by atoms with Gasteiger partial charge < -0.3 is 0 Å². The second-order valence-corrected chi connectivity index (χ2v) is 2.71. The van der Waals surface area contributed by atoms with Crippen LogP contribution in [0.15, 0.2) is 23.3 Å². The number of hydrogen-bond acceptors (Lipinski definition) is 2. The molecule has 1 rings (SSSR count). The zero-order valence-electron chi connectivity index (χ0n) is 7.42. The largest absolute Gasteiger partial charge is 0.278 e. The number of amides is 2. The SMILES string of the molecule is C/C=C/C1=C(C)C(=O)N(C)C1=O. The number of carbonyl (C=O) groups is 2. The Bertz CT molecular complexity index is 300. The van der Waals surface area contributed by atoms with Gasteiger partial charge in [0, 0.05) is 18.2 Å². The van der Waals surface area contributed by atoms with E-state index in [1.54, 1.807) is 19.1 Å². The van der Waals surface area contributed by atoms with Gasteiger partial charge in [0.15, 0.2) is 0 Å². The van der Waals surface area contributed by atoms with E-state index < -0.39 is 0 Å². The molecule has 1 aliphatic rings. The third-order valence-corrected chi connectivity index (χ3v) is 1.90. The highest BCUT2D eigenvalue weighted by Gasteiger charge is 2.30. The summed E-state index contributed by atoms with van der Waals surface area (Å²) in [7, 11) is 1.49. The van der Waals surface area contributed by atoms with Crippen molar-refractivity contribution in [3.05, 3.63) is 23.3 Å². The summed E-state index contributed by atoms with van der Waals surface area (Å²) in [6, 6.07) is 0. The molecule has 3 nitrogen and oxygen atoms in total. The Hall–Kier alpha value is -1.38. The Balaban J connectivity index is 3.13. The molecule has 1 aliphatic heterocycles. The number of rotatable bonds is 1. The molecule has 0 aromatic rings. The Labute approximate surface area is 71.4 Å². The summed E-state index contributed by atoms with van der Waals surface area (Å²) >= 11 is 0. The highest BCUT2D eigenvalue weighted by molar-refractivity contribution is 6.20. The van der Waals surface area contributed by atoms with Crippen molar-refractivity contribution < 1.29 is 9.59 Å². The predicted molar refractivity (Wildman–Crippen MR) is 45.3 cm³/mol. The maximum Gasteiger partial charge on any atom is 0.260 e. The number of nitrogens with zero attached hydrogens (tertiary/aromatic N) is 1. The lowest BCUT2D eigenvalue weighted by Gasteiger charge is -2.04. The average molecular weight is 165 g/mol. The maximum atomic E-state index is 11.3. The Morgan fingerprint density at radius 3 is 2.17 bits per heavy atom. The van der Waals surface area contributed by atoms with E-state index in [1.165, 1.54) is 7.05 Å². The van der Waals surface area contributed by atoms with Crippen LogP contribution in [0.3, 0.4) is 0 Å². The third kappa shape index (κ3) is 1.07. The fourth-order valence-corrected chi connectivity index (χ4v) is 1.16. The Kier molecular flexibility index (Phi) is 2.13. The fourth-order valence-electron chi connectivity index (χ4n) is 1.16. The van der Waals surface area contributed by atoms with E-state index >= 15 is 0 Å². The van der Waals surface area contributed by atoms with Crippen LogP contribution in [0, 0.1) is 0 Å². The molecule has 2 amide bonds. The molecule has 0 saturated heterocycles. The van der Waals surface area contributed by atoms with Crippen LogP contribution in [0.5, 0.6) is 0 Å². The molecule has 0 fully saturated rings. The summed E-state index contributed by atoms with van der Waals surface area (Å²) in [5.74, 6) is -0.413. The molecule has 0 bridgehead atoms. The lowest BCUT2D eigenvalue weighted by molar-refractivity contribution is -0.135. The molecule has 0 aromatic heterocycles. The van der Waals surface area contributed by atoms with Gasteiger partial charge in [-0.05, 0) is 13.8 Å². The highest BCUT2D eigenvalue weighted by Crippen LogP contribution is 2.19. The van der Waals surface area contributed by atoms with Gasteiger partial charge in [0.1, 0.15) is 0 Å². The van der Waals surface area contributed by atoms with Crippen LogP contribution >= 0.6 is 0 Å². The van der Waals surface area contributed by atoms with E-state index in [9.17, 15) is 9.59 Å². The molecule has 1 heterocycles. The van der Waals surface area contributed by atoms with Crippen molar-refractivity contribution in [1.29, 1.82) is 0 Å². The lowest BCUT2D eigenvalue weighted by Crippen LogP contribution is -2.26. The van der Waals surface area contributed by atoms with Gasteiger partial charge >= 0.3 is 0 Å². The molecular weight excluding hydrogens is 154 g/mol. The van der Waals surface area contributed by atoms with Crippen LogP contribution in [-0.2, 0) is 9.59 Å². The Morgan fingerprint density at radius 2 is 1.83 bits per heavy atom. The van der Waals surface area contributed by atoms with Crippen LogP contribution in [0.4, 0.5) is 0 Å². The summed E-state index contributed by atoms with van der Waals surface area (Å²) in [5, 5.41) is 0. The molecule has 0 N–H and O–H groups in total. The summed E-state index contributed by atoms with van der Waals surface area (Å²) in [4.78, 5) is 23.7. The van der Waals surface area contributed by atoms with E-state index in [0.29, 0.717) is 11.1 Å². The van der Waals surface area contributed by atoms with Crippen molar-refractivity contribution in [2.75, 3.05) is 7.05 Å². The standard InChI is InChI=1S/C9H11NO2/c1-4-5-7-6(2)8(11)10(3)9(7)12/h4-5H,1-3H3/b5-4+. The molecule has 64 valence electrons. The van der Waals surface area contributed by atoms with Crippen LogP contribution < -0.4 is 0 Å². The molecule has 0 atom stereocenters. The fraction of sp³-hybridized carbons (Fsp3) is 0.333. The molecule has 0 aliphatic carbocycles. The summed E-state index contributed by atoms with van der Waals surface area (Å²) in [5.41, 5.74) is 1.03.